The lowest BCUT2D eigenvalue weighted by atomic mass is 10.0. The van der Waals surface area contributed by atoms with E-state index in [0.717, 1.165) is 26.2 Å². The van der Waals surface area contributed by atoms with E-state index in [1.54, 1.807) is 12.7 Å². The van der Waals surface area contributed by atoms with Gasteiger partial charge in [-0.25, -0.2) is 4.98 Å². The van der Waals surface area contributed by atoms with Crippen LogP contribution >= 0.6 is 0 Å². The van der Waals surface area contributed by atoms with Gasteiger partial charge in [-0.1, -0.05) is 24.3 Å². The molecule has 1 aromatic carbocycles. The molecule has 1 aliphatic rings. The molecule has 2 aromatic rings. The van der Waals surface area contributed by atoms with Crippen molar-refractivity contribution in [3.05, 3.63) is 54.2 Å². The van der Waals surface area contributed by atoms with Crippen LogP contribution < -0.4 is 5.32 Å². The Balaban J connectivity index is 1.45. The molecule has 0 radical (unpaired) electrons. The Labute approximate surface area is 125 Å². The van der Waals surface area contributed by atoms with Crippen molar-refractivity contribution in [2.75, 3.05) is 13.1 Å². The molecule has 0 aliphatic carbocycles. The third kappa shape index (κ3) is 3.49. The number of benzene rings is 1. The molecule has 2 heterocycles. The predicted molar refractivity (Wildman–Crippen MR) is 83.4 cm³/mol. The van der Waals surface area contributed by atoms with Crippen LogP contribution in [0.5, 0.6) is 0 Å². The van der Waals surface area contributed by atoms with Crippen molar-refractivity contribution in [3.63, 3.8) is 0 Å². The fourth-order valence-electron chi connectivity index (χ4n) is 2.54. The molecule has 0 unspecified atom stereocenters. The Morgan fingerprint density at radius 2 is 2.24 bits per heavy atom. The van der Waals surface area contributed by atoms with Crippen LogP contribution in [0.25, 0.3) is 6.08 Å². The highest BCUT2D eigenvalue weighted by Crippen LogP contribution is 2.20. The maximum Gasteiger partial charge on any atom is 0.137 e. The Hall–Kier alpha value is -2.14. The minimum atomic E-state index is 0.463. The van der Waals surface area contributed by atoms with Crippen LogP contribution in [-0.2, 0) is 13.1 Å². The number of hydrogen-bond acceptors (Lipinski definition) is 4. The average Bonchev–Trinajstić information content (AvgIpc) is 3.04. The molecule has 1 N–H and O–H groups in total. The largest absolute Gasteiger partial charge is 0.369 e. The Kier molecular flexibility index (Phi) is 4.31. The van der Waals surface area contributed by atoms with Gasteiger partial charge in [-0.15, -0.1) is 0 Å². The van der Waals surface area contributed by atoms with E-state index in [4.69, 9.17) is 0 Å². The lowest BCUT2D eigenvalue weighted by Crippen LogP contribution is -2.38. The lowest BCUT2D eigenvalue weighted by Gasteiger charge is -2.31. The van der Waals surface area contributed by atoms with E-state index in [1.807, 2.05) is 4.68 Å². The minimum absolute atomic E-state index is 0.463. The van der Waals surface area contributed by atoms with Gasteiger partial charge >= 0.3 is 0 Å². The molecule has 0 spiro atoms. The van der Waals surface area contributed by atoms with Crippen molar-refractivity contribution in [2.45, 2.75) is 26.1 Å². The summed E-state index contributed by atoms with van der Waals surface area (Å²) in [5.41, 5.74) is 2.73. The fourth-order valence-corrected chi connectivity index (χ4v) is 2.54. The maximum atomic E-state index is 4.09. The molecule has 110 valence electrons. The molecule has 0 amide bonds. The van der Waals surface area contributed by atoms with E-state index in [2.05, 4.69) is 63.8 Å². The van der Waals surface area contributed by atoms with Crippen molar-refractivity contribution in [1.29, 1.82) is 0 Å². The van der Waals surface area contributed by atoms with Crippen LogP contribution in [0.2, 0.25) is 0 Å². The van der Waals surface area contributed by atoms with Crippen molar-refractivity contribution < 1.29 is 0 Å². The normalized spacial score (nSPS) is 15.0. The van der Waals surface area contributed by atoms with Gasteiger partial charge in [0.2, 0.25) is 0 Å². The first-order valence-corrected chi connectivity index (χ1v) is 7.38. The predicted octanol–water partition coefficient (Wildman–Crippen LogP) is 1.74. The van der Waals surface area contributed by atoms with Crippen molar-refractivity contribution in [3.8, 4) is 0 Å². The summed E-state index contributed by atoms with van der Waals surface area (Å²) in [6, 6.07) is 9.04. The first kappa shape index (κ1) is 13.8. The maximum absolute atomic E-state index is 4.09. The van der Waals surface area contributed by atoms with Gasteiger partial charge < -0.3 is 10.2 Å². The molecule has 0 bridgehead atoms. The van der Waals surface area contributed by atoms with Crippen molar-refractivity contribution in [2.24, 2.45) is 0 Å². The zero-order chi connectivity index (χ0) is 14.5. The highest BCUT2D eigenvalue weighted by atomic mass is 15.3. The molecule has 21 heavy (non-hydrogen) atoms. The Morgan fingerprint density at radius 1 is 1.33 bits per heavy atom. The number of rotatable bonds is 6. The molecular formula is C16H21N5. The Bertz CT molecular complexity index is 590. The molecule has 1 atom stereocenters. The number of aromatic nitrogens is 3. The zero-order valence-electron chi connectivity index (χ0n) is 12.3. The summed E-state index contributed by atoms with van der Waals surface area (Å²) in [6.07, 6.45) is 7.71. The van der Waals surface area contributed by atoms with Crippen LogP contribution in [0.3, 0.4) is 0 Å². The summed E-state index contributed by atoms with van der Waals surface area (Å²) in [6.45, 7) is 5.95. The molecule has 1 aromatic heterocycles. The number of fused-ring (bicyclic) bond motifs is 1. The smallest absolute Gasteiger partial charge is 0.137 e. The lowest BCUT2D eigenvalue weighted by molar-refractivity contribution is 0.274. The number of nitrogens with one attached hydrogen (secondary N) is 1. The minimum Gasteiger partial charge on any atom is -0.369 e. The van der Waals surface area contributed by atoms with Crippen LogP contribution in [0, 0.1) is 0 Å². The van der Waals surface area contributed by atoms with Gasteiger partial charge in [0, 0.05) is 31.9 Å². The van der Waals surface area contributed by atoms with E-state index < -0.39 is 0 Å². The average molecular weight is 283 g/mol. The summed E-state index contributed by atoms with van der Waals surface area (Å²) < 4.78 is 1.84. The first-order chi connectivity index (χ1) is 10.3. The summed E-state index contributed by atoms with van der Waals surface area (Å²) in [5, 5.41) is 7.57. The van der Waals surface area contributed by atoms with Gasteiger partial charge in [0.15, 0.2) is 0 Å². The Morgan fingerprint density at radius 3 is 3.10 bits per heavy atom. The molecule has 0 saturated heterocycles. The molecule has 1 aliphatic heterocycles. The van der Waals surface area contributed by atoms with E-state index in [9.17, 15) is 0 Å². The summed E-state index contributed by atoms with van der Waals surface area (Å²) in [4.78, 5) is 6.32. The summed E-state index contributed by atoms with van der Waals surface area (Å²) >= 11 is 0. The molecule has 0 saturated carbocycles. The standard InChI is InChI=1S/C16H21N5/c1-14(10-17-7-9-21-13-18-12-19-21)20-8-6-15-4-2-3-5-16(15)11-20/h2-6,8,12-14,17H,7,9-11H2,1H3/t14-/m1/s1. The second kappa shape index (κ2) is 6.54. The summed E-state index contributed by atoms with van der Waals surface area (Å²) in [7, 11) is 0. The van der Waals surface area contributed by atoms with Gasteiger partial charge in [0.05, 0.1) is 6.54 Å². The molecule has 5 heteroatoms. The second-order valence-electron chi connectivity index (χ2n) is 5.40. The highest BCUT2D eigenvalue weighted by Gasteiger charge is 2.14. The molecule has 0 fully saturated rings. The number of hydrogen-bond donors (Lipinski definition) is 1. The molecule has 5 nitrogen and oxygen atoms in total. The highest BCUT2D eigenvalue weighted by molar-refractivity contribution is 5.55. The van der Waals surface area contributed by atoms with E-state index >= 15 is 0 Å². The monoisotopic (exact) mass is 283 g/mol. The van der Waals surface area contributed by atoms with E-state index in [0.29, 0.717) is 6.04 Å². The van der Waals surface area contributed by atoms with Crippen LogP contribution in [0.15, 0.2) is 43.1 Å². The topological polar surface area (TPSA) is 46.0 Å². The van der Waals surface area contributed by atoms with Crippen molar-refractivity contribution >= 4 is 6.08 Å². The van der Waals surface area contributed by atoms with Gasteiger partial charge in [-0.3, -0.25) is 4.68 Å². The SMILES string of the molecule is C[C@H](CNCCn1cncn1)N1C=Cc2ccccc2C1. The van der Waals surface area contributed by atoms with Gasteiger partial charge in [0.1, 0.15) is 12.7 Å². The zero-order valence-corrected chi connectivity index (χ0v) is 12.3. The summed E-state index contributed by atoms with van der Waals surface area (Å²) in [5.74, 6) is 0. The van der Waals surface area contributed by atoms with Crippen LogP contribution in [-0.4, -0.2) is 38.8 Å². The van der Waals surface area contributed by atoms with Crippen LogP contribution in [0.4, 0.5) is 0 Å². The number of nitrogens with zero attached hydrogens (tertiary/aromatic N) is 4. The molecule has 3 rings (SSSR count). The quantitative estimate of drug-likeness (QED) is 0.820. The van der Waals surface area contributed by atoms with E-state index in [1.165, 1.54) is 11.1 Å². The van der Waals surface area contributed by atoms with E-state index in [-0.39, 0.29) is 0 Å². The third-order valence-corrected chi connectivity index (χ3v) is 3.84. The fraction of sp³-hybridized carbons (Fsp3) is 0.375. The molecular weight excluding hydrogens is 262 g/mol. The first-order valence-electron chi connectivity index (χ1n) is 7.38. The van der Waals surface area contributed by atoms with Gasteiger partial charge in [0.25, 0.3) is 0 Å². The van der Waals surface area contributed by atoms with Crippen molar-refractivity contribution in [1.82, 2.24) is 25.0 Å². The van der Waals surface area contributed by atoms with Gasteiger partial charge in [-0.05, 0) is 24.1 Å². The van der Waals surface area contributed by atoms with Crippen LogP contribution in [0.1, 0.15) is 18.1 Å². The second-order valence-corrected chi connectivity index (χ2v) is 5.40. The third-order valence-electron chi connectivity index (χ3n) is 3.84. The van der Waals surface area contributed by atoms with Gasteiger partial charge in [-0.2, -0.15) is 5.10 Å².